The Morgan fingerprint density at radius 3 is 2.09 bits per heavy atom. The van der Waals surface area contributed by atoms with E-state index in [1.54, 1.807) is 17.0 Å². The molecule has 0 radical (unpaired) electrons. The van der Waals surface area contributed by atoms with Crippen molar-refractivity contribution in [2.75, 3.05) is 26.2 Å². The number of sulfonamides is 1. The van der Waals surface area contributed by atoms with Gasteiger partial charge in [-0.05, 0) is 23.6 Å². The third-order valence-electron chi connectivity index (χ3n) is 4.08. The van der Waals surface area contributed by atoms with Gasteiger partial charge in [0.25, 0.3) is 0 Å². The van der Waals surface area contributed by atoms with Gasteiger partial charge in [-0.25, -0.2) is 8.42 Å². The Balaban J connectivity index is 2.10. The van der Waals surface area contributed by atoms with Gasteiger partial charge in [0.15, 0.2) is 0 Å². The van der Waals surface area contributed by atoms with E-state index in [2.05, 4.69) is 13.8 Å². The lowest BCUT2D eigenvalue weighted by Crippen LogP contribution is -2.50. The molecule has 1 amide bonds. The quantitative estimate of drug-likeness (QED) is 0.852. The van der Waals surface area contributed by atoms with Crippen molar-refractivity contribution >= 4 is 15.9 Å². The third-order valence-corrected chi connectivity index (χ3v) is 5.99. The number of piperazine rings is 1. The molecule has 1 heterocycles. The minimum Gasteiger partial charge on any atom is -0.340 e. The van der Waals surface area contributed by atoms with Gasteiger partial charge in [0.05, 0.1) is 4.90 Å². The molecule has 1 aromatic carbocycles. The van der Waals surface area contributed by atoms with E-state index >= 15 is 0 Å². The maximum atomic E-state index is 12.6. The van der Waals surface area contributed by atoms with Gasteiger partial charge < -0.3 is 4.90 Å². The second-order valence-electron chi connectivity index (χ2n) is 5.86. The number of rotatable bonds is 4. The summed E-state index contributed by atoms with van der Waals surface area (Å²) in [6, 6.07) is 7.09. The van der Waals surface area contributed by atoms with Crippen molar-refractivity contribution in [1.82, 2.24) is 9.21 Å². The molecule has 0 atom stereocenters. The summed E-state index contributed by atoms with van der Waals surface area (Å²) in [5, 5.41) is 0. The zero-order valence-corrected chi connectivity index (χ0v) is 14.3. The van der Waals surface area contributed by atoms with Crippen LogP contribution in [0.4, 0.5) is 0 Å². The Labute approximate surface area is 133 Å². The maximum Gasteiger partial charge on any atom is 0.243 e. The lowest BCUT2D eigenvalue weighted by Gasteiger charge is -2.33. The van der Waals surface area contributed by atoms with Crippen LogP contribution in [0.3, 0.4) is 0 Å². The van der Waals surface area contributed by atoms with Crippen molar-refractivity contribution in [1.29, 1.82) is 0 Å². The van der Waals surface area contributed by atoms with Crippen LogP contribution in [-0.2, 0) is 14.8 Å². The summed E-state index contributed by atoms with van der Waals surface area (Å²) < 4.78 is 26.7. The van der Waals surface area contributed by atoms with Crippen molar-refractivity contribution in [2.45, 2.75) is 38.0 Å². The fourth-order valence-electron chi connectivity index (χ4n) is 2.58. The molecule has 1 aliphatic rings. The Morgan fingerprint density at radius 2 is 1.64 bits per heavy atom. The van der Waals surface area contributed by atoms with Crippen LogP contribution < -0.4 is 0 Å². The molecule has 22 heavy (non-hydrogen) atoms. The number of carbonyl (C=O) groups is 1. The van der Waals surface area contributed by atoms with E-state index < -0.39 is 10.0 Å². The lowest BCUT2D eigenvalue weighted by molar-refractivity contribution is -0.132. The van der Waals surface area contributed by atoms with Gasteiger partial charge in [-0.3, -0.25) is 4.79 Å². The summed E-state index contributed by atoms with van der Waals surface area (Å²) in [5.41, 5.74) is 1.12. The van der Waals surface area contributed by atoms with Gasteiger partial charge in [0, 0.05) is 32.6 Å². The molecule has 0 spiro atoms. The Morgan fingerprint density at radius 1 is 1.09 bits per heavy atom. The standard InChI is InChI=1S/C16H24N2O3S/c1-4-16(19)17-9-11-18(12-10-17)22(20,21)15-7-5-14(6-8-15)13(2)3/h5-8,13H,4,9-12H2,1-3H3. The van der Waals surface area contributed by atoms with Crippen LogP contribution in [-0.4, -0.2) is 49.7 Å². The second-order valence-corrected chi connectivity index (χ2v) is 7.80. The largest absolute Gasteiger partial charge is 0.340 e. The molecule has 5 nitrogen and oxygen atoms in total. The molecular weight excluding hydrogens is 300 g/mol. The fraction of sp³-hybridized carbons (Fsp3) is 0.562. The van der Waals surface area contributed by atoms with Crippen LogP contribution in [0.1, 0.15) is 38.7 Å². The zero-order valence-electron chi connectivity index (χ0n) is 13.4. The van der Waals surface area contributed by atoms with E-state index in [-0.39, 0.29) is 5.91 Å². The van der Waals surface area contributed by atoms with E-state index in [1.165, 1.54) is 4.31 Å². The lowest BCUT2D eigenvalue weighted by atomic mass is 10.0. The summed E-state index contributed by atoms with van der Waals surface area (Å²) >= 11 is 0. The third kappa shape index (κ3) is 3.50. The molecule has 0 aliphatic carbocycles. The highest BCUT2D eigenvalue weighted by atomic mass is 32.2. The van der Waals surface area contributed by atoms with E-state index in [0.29, 0.717) is 43.4 Å². The summed E-state index contributed by atoms with van der Waals surface area (Å²) in [7, 11) is -3.46. The van der Waals surface area contributed by atoms with Crippen molar-refractivity contribution in [3.05, 3.63) is 29.8 Å². The van der Waals surface area contributed by atoms with Crippen molar-refractivity contribution in [2.24, 2.45) is 0 Å². The first-order valence-electron chi connectivity index (χ1n) is 7.74. The molecule has 1 aliphatic heterocycles. The molecule has 0 N–H and O–H groups in total. The molecule has 0 unspecified atom stereocenters. The van der Waals surface area contributed by atoms with Gasteiger partial charge >= 0.3 is 0 Å². The minimum atomic E-state index is -3.46. The second kappa shape index (κ2) is 6.79. The van der Waals surface area contributed by atoms with Crippen molar-refractivity contribution < 1.29 is 13.2 Å². The fourth-order valence-corrected chi connectivity index (χ4v) is 4.00. The monoisotopic (exact) mass is 324 g/mol. The van der Waals surface area contributed by atoms with Crippen LogP contribution in [0, 0.1) is 0 Å². The number of benzene rings is 1. The van der Waals surface area contributed by atoms with E-state index in [9.17, 15) is 13.2 Å². The summed E-state index contributed by atoms with van der Waals surface area (Å²) in [6.45, 7) is 7.63. The molecule has 1 aromatic rings. The van der Waals surface area contributed by atoms with Crippen molar-refractivity contribution in [3.63, 3.8) is 0 Å². The number of carbonyl (C=O) groups excluding carboxylic acids is 1. The van der Waals surface area contributed by atoms with Crippen LogP contribution in [0.5, 0.6) is 0 Å². The minimum absolute atomic E-state index is 0.0818. The summed E-state index contributed by atoms with van der Waals surface area (Å²) in [6.07, 6.45) is 0.462. The van der Waals surface area contributed by atoms with E-state index in [0.717, 1.165) is 5.56 Å². The van der Waals surface area contributed by atoms with Gasteiger partial charge in [0.1, 0.15) is 0 Å². The predicted octanol–water partition coefficient (Wildman–Crippen LogP) is 2.05. The summed E-state index contributed by atoms with van der Waals surface area (Å²) in [5.74, 6) is 0.457. The molecule has 0 saturated carbocycles. The number of nitrogens with zero attached hydrogens (tertiary/aromatic N) is 2. The van der Waals surface area contributed by atoms with Gasteiger partial charge in [-0.1, -0.05) is 32.9 Å². The van der Waals surface area contributed by atoms with Crippen LogP contribution in [0.2, 0.25) is 0 Å². The maximum absolute atomic E-state index is 12.6. The van der Waals surface area contributed by atoms with Gasteiger partial charge in [-0.15, -0.1) is 0 Å². The van der Waals surface area contributed by atoms with Crippen LogP contribution in [0.25, 0.3) is 0 Å². The number of amides is 1. The van der Waals surface area contributed by atoms with E-state index in [4.69, 9.17) is 0 Å². The average Bonchev–Trinajstić information content (AvgIpc) is 2.54. The zero-order chi connectivity index (χ0) is 16.3. The highest BCUT2D eigenvalue weighted by Crippen LogP contribution is 2.21. The Bertz CT molecular complexity index is 615. The highest BCUT2D eigenvalue weighted by Gasteiger charge is 2.29. The first-order chi connectivity index (χ1) is 10.4. The highest BCUT2D eigenvalue weighted by molar-refractivity contribution is 7.89. The number of hydrogen-bond acceptors (Lipinski definition) is 3. The normalized spacial score (nSPS) is 17.0. The Kier molecular flexibility index (Phi) is 5.24. The summed E-state index contributed by atoms with van der Waals surface area (Å²) in [4.78, 5) is 13.7. The molecular formula is C16H24N2O3S. The molecule has 1 saturated heterocycles. The van der Waals surface area contributed by atoms with Crippen LogP contribution >= 0.6 is 0 Å². The average molecular weight is 324 g/mol. The first kappa shape index (κ1) is 17.0. The molecule has 6 heteroatoms. The SMILES string of the molecule is CCC(=O)N1CCN(S(=O)(=O)c2ccc(C(C)C)cc2)CC1. The predicted molar refractivity (Wildman–Crippen MR) is 86.2 cm³/mol. The molecule has 0 bridgehead atoms. The smallest absolute Gasteiger partial charge is 0.243 e. The van der Waals surface area contributed by atoms with Crippen molar-refractivity contribution in [3.8, 4) is 0 Å². The van der Waals surface area contributed by atoms with Gasteiger partial charge in [0.2, 0.25) is 15.9 Å². The Hall–Kier alpha value is -1.40. The first-order valence-corrected chi connectivity index (χ1v) is 9.18. The molecule has 1 fully saturated rings. The molecule has 0 aromatic heterocycles. The van der Waals surface area contributed by atoms with E-state index in [1.807, 2.05) is 19.1 Å². The topological polar surface area (TPSA) is 57.7 Å². The number of hydrogen-bond donors (Lipinski definition) is 0. The van der Waals surface area contributed by atoms with Crippen LogP contribution in [0.15, 0.2) is 29.2 Å². The molecule has 2 rings (SSSR count). The van der Waals surface area contributed by atoms with Gasteiger partial charge in [-0.2, -0.15) is 4.31 Å². The molecule has 122 valence electrons.